The quantitative estimate of drug-likeness (QED) is 0.486. The van der Waals surface area contributed by atoms with Crippen LogP contribution in [0, 0.1) is 0 Å². The molecule has 0 atom stereocenters. The van der Waals surface area contributed by atoms with Crippen LogP contribution in [0.15, 0.2) is 0 Å². The second-order valence-corrected chi connectivity index (χ2v) is 0.525. The first kappa shape index (κ1) is 8.91. The van der Waals surface area contributed by atoms with Crippen molar-refractivity contribution in [3.8, 4) is 0 Å². The van der Waals surface area contributed by atoms with E-state index >= 15 is 0 Å². The molecule has 0 aromatic heterocycles. The van der Waals surface area contributed by atoms with Crippen LogP contribution < -0.4 is 0 Å². The first-order chi connectivity index (χ1) is 1.41. The Hall–Kier alpha value is 1.06. The van der Waals surface area contributed by atoms with Crippen LogP contribution >= 0.6 is 23.7 Å². The number of hydrogen-bond acceptors (Lipinski definition) is 1. The molecule has 0 aliphatic carbocycles. The standard InChI is InChI=1S/Cl2O.Se/c1-3-2;/q;+4. The van der Waals surface area contributed by atoms with Crippen molar-refractivity contribution in [3.05, 3.63) is 0 Å². The molecule has 0 aromatic carbocycles. The molecular formula is Cl2OSe+4. The van der Waals surface area contributed by atoms with Gasteiger partial charge in [-0.15, -0.1) is 0 Å². The van der Waals surface area contributed by atoms with Crippen molar-refractivity contribution in [2.45, 2.75) is 0 Å². The molecule has 0 N–H and O–H groups in total. The maximum absolute atomic E-state index is 4.26. The van der Waals surface area contributed by atoms with Crippen LogP contribution in [0.1, 0.15) is 0 Å². The van der Waals surface area contributed by atoms with Gasteiger partial charge in [-0.25, -0.2) is 0 Å². The fourth-order valence-corrected chi connectivity index (χ4v) is 0. The summed E-state index contributed by atoms with van der Waals surface area (Å²) in [7, 11) is 0. The van der Waals surface area contributed by atoms with Crippen molar-refractivity contribution in [1.29, 1.82) is 0 Å². The van der Waals surface area contributed by atoms with E-state index in [1.165, 1.54) is 0 Å². The minimum Gasteiger partial charge on any atom is -0.166 e. The molecule has 0 amide bonds. The van der Waals surface area contributed by atoms with E-state index in [9.17, 15) is 0 Å². The summed E-state index contributed by atoms with van der Waals surface area (Å²) in [6.07, 6.45) is 0. The molecule has 0 spiro atoms. The molecule has 4 heteroatoms. The number of rotatable bonds is 0. The maximum Gasteiger partial charge on any atom is 4.00 e. The summed E-state index contributed by atoms with van der Waals surface area (Å²) < 4.78 is 3.19. The Bertz CT molecular complexity index is 6.00. The summed E-state index contributed by atoms with van der Waals surface area (Å²) in [6, 6.07) is 0. The van der Waals surface area contributed by atoms with Crippen LogP contribution in [0.5, 0.6) is 0 Å². The van der Waals surface area contributed by atoms with Gasteiger partial charge in [0, 0.05) is 0 Å². The van der Waals surface area contributed by atoms with Gasteiger partial charge in [0.1, 0.15) is 0 Å². The van der Waals surface area contributed by atoms with Crippen molar-refractivity contribution in [1.82, 2.24) is 0 Å². The van der Waals surface area contributed by atoms with Crippen LogP contribution in [0.25, 0.3) is 0 Å². The molecular weight excluding hydrogens is 166 g/mol. The Balaban J connectivity index is 0. The summed E-state index contributed by atoms with van der Waals surface area (Å²) in [5.74, 6) is 0. The normalized spacial score (nSPS) is 4.50. The van der Waals surface area contributed by atoms with Crippen molar-refractivity contribution in [2.75, 3.05) is 0 Å². The topological polar surface area (TPSA) is 9.23 Å². The number of halogens is 2. The summed E-state index contributed by atoms with van der Waals surface area (Å²) >= 11 is 8.53. The molecule has 0 saturated carbocycles. The third-order valence-corrected chi connectivity index (χ3v) is 0. The summed E-state index contributed by atoms with van der Waals surface area (Å²) in [4.78, 5) is 0. The van der Waals surface area contributed by atoms with Gasteiger partial charge < -0.3 is 0 Å². The van der Waals surface area contributed by atoms with E-state index in [0.29, 0.717) is 0 Å². The van der Waals surface area contributed by atoms with E-state index in [-0.39, 0.29) is 17.1 Å². The Kier molecular flexibility index (Phi) is 19.9. The van der Waals surface area contributed by atoms with Gasteiger partial charge in [-0.2, -0.15) is 3.84 Å². The van der Waals surface area contributed by atoms with Gasteiger partial charge >= 0.3 is 17.1 Å². The minimum absolute atomic E-state index is 0. The Morgan fingerprint density at radius 1 is 1.25 bits per heavy atom. The van der Waals surface area contributed by atoms with E-state index in [4.69, 9.17) is 0 Å². The average molecular weight is 166 g/mol. The Morgan fingerprint density at radius 3 is 1.25 bits per heavy atom. The van der Waals surface area contributed by atoms with Gasteiger partial charge in [0.15, 0.2) is 0 Å². The van der Waals surface area contributed by atoms with Crippen molar-refractivity contribution in [3.63, 3.8) is 0 Å². The molecule has 0 aromatic rings. The predicted octanol–water partition coefficient (Wildman–Crippen LogP) is 0.930. The molecule has 0 rings (SSSR count). The molecule has 0 unspecified atom stereocenters. The number of hydrogen-bond donors (Lipinski definition) is 0. The van der Waals surface area contributed by atoms with Gasteiger partial charge in [0.2, 0.25) is 0 Å². The average Bonchev–Trinajstić information content (AvgIpc) is 0.918. The first-order valence-corrected chi connectivity index (χ1v) is 0.926. The fraction of sp³-hybridized carbons (Fsp3) is 0. The minimum atomic E-state index is 0. The summed E-state index contributed by atoms with van der Waals surface area (Å²) in [5, 5.41) is 0. The van der Waals surface area contributed by atoms with E-state index < -0.39 is 0 Å². The molecule has 4 heavy (non-hydrogen) atoms. The van der Waals surface area contributed by atoms with E-state index in [1.807, 2.05) is 0 Å². The van der Waals surface area contributed by atoms with Crippen molar-refractivity contribution >= 4 is 40.8 Å². The first-order valence-electron chi connectivity index (χ1n) is 0.309. The van der Waals surface area contributed by atoms with Crippen molar-refractivity contribution in [2.24, 2.45) is 0 Å². The third-order valence-electron chi connectivity index (χ3n) is 0. The largest absolute Gasteiger partial charge is 4.00 e. The van der Waals surface area contributed by atoms with Gasteiger partial charge in [-0.05, 0) is 0 Å². The van der Waals surface area contributed by atoms with Gasteiger partial charge in [0.25, 0.3) is 0 Å². The fourth-order valence-electron chi connectivity index (χ4n) is 0. The van der Waals surface area contributed by atoms with Crippen LogP contribution in [0.2, 0.25) is 0 Å². The molecule has 0 aliphatic heterocycles. The Morgan fingerprint density at radius 2 is 1.25 bits per heavy atom. The van der Waals surface area contributed by atoms with Crippen LogP contribution in [0.3, 0.4) is 0 Å². The molecule has 2 radical (unpaired) electrons. The monoisotopic (exact) mass is 166 g/mol. The zero-order valence-corrected chi connectivity index (χ0v) is 4.80. The van der Waals surface area contributed by atoms with E-state index in [2.05, 4.69) is 27.6 Å². The molecule has 0 heterocycles. The SMILES string of the molecule is ClOCl.[Se+4]. The second kappa shape index (κ2) is 8.96. The van der Waals surface area contributed by atoms with Gasteiger partial charge in [-0.3, -0.25) is 0 Å². The summed E-state index contributed by atoms with van der Waals surface area (Å²) in [6.45, 7) is 0. The zero-order valence-electron chi connectivity index (χ0n) is 1.57. The van der Waals surface area contributed by atoms with E-state index in [1.54, 1.807) is 0 Å². The Labute approximate surface area is 45.0 Å². The molecule has 22 valence electrons. The second-order valence-electron chi connectivity index (χ2n) is 0.0583. The van der Waals surface area contributed by atoms with E-state index in [0.717, 1.165) is 0 Å². The third kappa shape index (κ3) is 11.6. The molecule has 0 bridgehead atoms. The molecule has 0 saturated heterocycles. The van der Waals surface area contributed by atoms with Gasteiger partial charge in [0.05, 0.1) is 23.7 Å². The van der Waals surface area contributed by atoms with Crippen LogP contribution in [0.4, 0.5) is 0 Å². The molecule has 0 aliphatic rings. The smallest absolute Gasteiger partial charge is 0.166 e. The maximum atomic E-state index is 4.26. The van der Waals surface area contributed by atoms with Gasteiger partial charge in [-0.1, -0.05) is 0 Å². The molecule has 1 nitrogen and oxygen atoms in total. The van der Waals surface area contributed by atoms with Crippen LogP contribution in [-0.2, 0) is 3.84 Å². The van der Waals surface area contributed by atoms with Crippen LogP contribution in [-0.4, -0.2) is 17.1 Å². The zero-order chi connectivity index (χ0) is 2.71. The predicted molar refractivity (Wildman–Crippen MR) is 18.5 cm³/mol. The molecule has 0 fully saturated rings. The summed E-state index contributed by atoms with van der Waals surface area (Å²) in [5.41, 5.74) is 0. The van der Waals surface area contributed by atoms with Crippen molar-refractivity contribution < 1.29 is 3.84 Å².